The molecule has 84 valence electrons. The average molecular weight is 232 g/mol. The van der Waals surface area contributed by atoms with Crippen LogP contribution in [0.4, 0.5) is 4.39 Å². The van der Waals surface area contributed by atoms with Crippen molar-refractivity contribution in [3.05, 3.63) is 29.1 Å². The Hall–Kier alpha value is -0.800. The van der Waals surface area contributed by atoms with Crippen LogP contribution in [-0.4, -0.2) is 5.11 Å². The molecule has 1 fully saturated rings. The Balaban J connectivity index is 0.00000112. The average Bonchev–Trinajstić information content (AvgIpc) is 2.93. The predicted octanol–water partition coefficient (Wildman–Crippen LogP) is 2.67. The minimum Gasteiger partial charge on any atom is -0.507 e. The molecule has 1 aliphatic carbocycles. The Morgan fingerprint density at radius 3 is 2.60 bits per heavy atom. The van der Waals surface area contributed by atoms with Crippen molar-refractivity contribution in [2.24, 2.45) is 11.7 Å². The maximum absolute atomic E-state index is 13.1. The third kappa shape index (κ3) is 2.41. The van der Waals surface area contributed by atoms with Crippen molar-refractivity contribution in [1.29, 1.82) is 0 Å². The fourth-order valence-electron chi connectivity index (χ4n) is 1.72. The lowest BCUT2D eigenvalue weighted by Crippen LogP contribution is -2.13. The van der Waals surface area contributed by atoms with Gasteiger partial charge >= 0.3 is 0 Å². The normalized spacial score (nSPS) is 17.0. The number of benzene rings is 1. The topological polar surface area (TPSA) is 46.2 Å². The largest absolute Gasteiger partial charge is 0.507 e. The summed E-state index contributed by atoms with van der Waals surface area (Å²) < 4.78 is 13.1. The van der Waals surface area contributed by atoms with E-state index in [1.807, 2.05) is 0 Å². The van der Waals surface area contributed by atoms with E-state index in [0.717, 1.165) is 12.8 Å². The fraction of sp³-hybridized carbons (Fsp3) is 0.455. The summed E-state index contributed by atoms with van der Waals surface area (Å²) in [5, 5.41) is 9.72. The molecule has 1 aliphatic rings. The molecule has 0 aromatic heterocycles. The maximum Gasteiger partial charge on any atom is 0.124 e. The van der Waals surface area contributed by atoms with E-state index in [2.05, 4.69) is 0 Å². The van der Waals surface area contributed by atoms with Gasteiger partial charge in [0, 0.05) is 11.6 Å². The first kappa shape index (κ1) is 12.3. The smallest absolute Gasteiger partial charge is 0.124 e. The van der Waals surface area contributed by atoms with Crippen LogP contribution in [0.1, 0.15) is 30.0 Å². The second-order valence-electron chi connectivity index (χ2n) is 4.02. The van der Waals surface area contributed by atoms with Gasteiger partial charge in [-0.25, -0.2) is 4.39 Å². The summed E-state index contributed by atoms with van der Waals surface area (Å²) in [5.74, 6) is 0.235. The summed E-state index contributed by atoms with van der Waals surface area (Å²) >= 11 is 0. The van der Waals surface area contributed by atoms with Crippen molar-refractivity contribution >= 4 is 12.4 Å². The number of aromatic hydroxyl groups is 1. The van der Waals surface area contributed by atoms with Gasteiger partial charge in [-0.15, -0.1) is 12.4 Å². The summed E-state index contributed by atoms with van der Waals surface area (Å²) in [4.78, 5) is 0. The third-order valence-electron chi connectivity index (χ3n) is 2.78. The molecule has 0 bridgehead atoms. The molecule has 1 aromatic rings. The molecule has 2 rings (SSSR count). The monoisotopic (exact) mass is 231 g/mol. The van der Waals surface area contributed by atoms with E-state index >= 15 is 0 Å². The van der Waals surface area contributed by atoms with Crippen LogP contribution in [0.5, 0.6) is 5.75 Å². The van der Waals surface area contributed by atoms with Gasteiger partial charge in [0.05, 0.1) is 0 Å². The number of hydrogen-bond acceptors (Lipinski definition) is 2. The Kier molecular flexibility index (Phi) is 3.58. The number of phenolic OH excluding ortho intramolecular Hbond substituents is 1. The minimum absolute atomic E-state index is 0. The van der Waals surface area contributed by atoms with Crippen LogP contribution < -0.4 is 5.73 Å². The molecule has 4 heteroatoms. The van der Waals surface area contributed by atoms with Crippen LogP contribution in [-0.2, 0) is 0 Å². The van der Waals surface area contributed by atoms with Crippen LogP contribution in [0.2, 0.25) is 0 Å². The number of nitrogens with two attached hydrogens (primary N) is 1. The SMILES string of the molecule is Cc1cc(F)cc([C@@H](N)C2CC2)c1O.Cl. The Morgan fingerprint density at radius 1 is 1.47 bits per heavy atom. The van der Waals surface area contributed by atoms with E-state index in [9.17, 15) is 9.50 Å². The molecule has 0 unspecified atom stereocenters. The zero-order valence-corrected chi connectivity index (χ0v) is 9.35. The van der Waals surface area contributed by atoms with E-state index in [4.69, 9.17) is 5.73 Å². The van der Waals surface area contributed by atoms with Crippen LogP contribution in [0, 0.1) is 18.7 Å². The predicted molar refractivity (Wildman–Crippen MR) is 59.7 cm³/mol. The van der Waals surface area contributed by atoms with Crippen molar-refractivity contribution in [2.45, 2.75) is 25.8 Å². The van der Waals surface area contributed by atoms with Gasteiger partial charge in [-0.1, -0.05) is 0 Å². The number of phenols is 1. The summed E-state index contributed by atoms with van der Waals surface area (Å²) in [6.45, 7) is 1.68. The summed E-state index contributed by atoms with van der Waals surface area (Å²) in [5.41, 5.74) is 7.01. The minimum atomic E-state index is -0.327. The molecule has 1 atom stereocenters. The van der Waals surface area contributed by atoms with Crippen molar-refractivity contribution in [3.8, 4) is 5.75 Å². The van der Waals surface area contributed by atoms with Crippen LogP contribution in [0.3, 0.4) is 0 Å². The van der Waals surface area contributed by atoms with Crippen molar-refractivity contribution in [3.63, 3.8) is 0 Å². The van der Waals surface area contributed by atoms with Gasteiger partial charge in [0.25, 0.3) is 0 Å². The number of halogens is 2. The molecule has 0 aliphatic heterocycles. The third-order valence-corrected chi connectivity index (χ3v) is 2.78. The van der Waals surface area contributed by atoms with E-state index in [0.29, 0.717) is 17.0 Å². The fourth-order valence-corrected chi connectivity index (χ4v) is 1.72. The molecule has 0 spiro atoms. The second kappa shape index (κ2) is 4.37. The molecular weight excluding hydrogens is 217 g/mol. The van der Waals surface area contributed by atoms with E-state index in [-0.39, 0.29) is 30.0 Å². The highest BCUT2D eigenvalue weighted by Gasteiger charge is 2.31. The van der Waals surface area contributed by atoms with Crippen molar-refractivity contribution in [2.75, 3.05) is 0 Å². The molecule has 1 saturated carbocycles. The highest BCUT2D eigenvalue weighted by atomic mass is 35.5. The first-order valence-electron chi connectivity index (χ1n) is 4.84. The Morgan fingerprint density at radius 2 is 2.07 bits per heavy atom. The number of rotatable bonds is 2. The number of aryl methyl sites for hydroxylation is 1. The van der Waals surface area contributed by atoms with Gasteiger partial charge in [-0.3, -0.25) is 0 Å². The van der Waals surface area contributed by atoms with Crippen molar-refractivity contribution in [1.82, 2.24) is 0 Å². The van der Waals surface area contributed by atoms with Crippen molar-refractivity contribution < 1.29 is 9.50 Å². The molecule has 1 aromatic carbocycles. The zero-order valence-electron chi connectivity index (χ0n) is 8.53. The molecule has 2 nitrogen and oxygen atoms in total. The first-order valence-corrected chi connectivity index (χ1v) is 4.84. The molecule has 0 saturated heterocycles. The standard InChI is InChI=1S/C11H14FNO.ClH/c1-6-4-8(12)5-9(11(6)14)10(13)7-2-3-7;/h4-5,7,10,14H,2-3,13H2,1H3;1H/t10-;/m0./s1. The van der Waals surface area contributed by atoms with Gasteiger partial charge in [-0.2, -0.15) is 0 Å². The van der Waals surface area contributed by atoms with Gasteiger partial charge < -0.3 is 10.8 Å². The highest BCUT2D eigenvalue weighted by Crippen LogP contribution is 2.42. The lowest BCUT2D eigenvalue weighted by molar-refractivity contribution is 0.448. The molecule has 3 N–H and O–H groups in total. The summed E-state index contributed by atoms with van der Waals surface area (Å²) in [6.07, 6.45) is 2.16. The number of hydrogen-bond donors (Lipinski definition) is 2. The van der Waals surface area contributed by atoms with E-state index < -0.39 is 0 Å². The molecule has 0 heterocycles. The van der Waals surface area contributed by atoms with E-state index in [1.54, 1.807) is 6.92 Å². The van der Waals surface area contributed by atoms with Crippen LogP contribution in [0.25, 0.3) is 0 Å². The second-order valence-corrected chi connectivity index (χ2v) is 4.02. The molecular formula is C11H15ClFNO. The first-order chi connectivity index (χ1) is 6.59. The summed E-state index contributed by atoms with van der Waals surface area (Å²) in [6, 6.07) is 2.44. The quantitative estimate of drug-likeness (QED) is 0.822. The highest BCUT2D eigenvalue weighted by molar-refractivity contribution is 5.85. The van der Waals surface area contributed by atoms with E-state index in [1.165, 1.54) is 12.1 Å². The van der Waals surface area contributed by atoms with Crippen LogP contribution in [0.15, 0.2) is 12.1 Å². The van der Waals surface area contributed by atoms with Gasteiger partial charge in [-0.05, 0) is 43.4 Å². The van der Waals surface area contributed by atoms with Gasteiger partial charge in [0.1, 0.15) is 11.6 Å². The Bertz CT molecular complexity index is 366. The molecule has 0 radical (unpaired) electrons. The van der Waals surface area contributed by atoms with Gasteiger partial charge in [0.15, 0.2) is 0 Å². The van der Waals surface area contributed by atoms with Crippen LogP contribution >= 0.6 is 12.4 Å². The lowest BCUT2D eigenvalue weighted by atomic mass is 9.99. The molecule has 15 heavy (non-hydrogen) atoms. The molecule has 0 amide bonds. The Labute approximate surface area is 94.7 Å². The maximum atomic E-state index is 13.1. The zero-order chi connectivity index (χ0) is 10.3. The summed E-state index contributed by atoms with van der Waals surface area (Å²) in [7, 11) is 0. The van der Waals surface area contributed by atoms with Gasteiger partial charge in [0.2, 0.25) is 0 Å². The lowest BCUT2D eigenvalue weighted by Gasteiger charge is -2.14.